The minimum atomic E-state index is -1.09. The van der Waals surface area contributed by atoms with Crippen LogP contribution in [-0.2, 0) is 11.2 Å². The van der Waals surface area contributed by atoms with Crippen molar-refractivity contribution in [2.75, 3.05) is 0 Å². The Bertz CT molecular complexity index is 723. The van der Waals surface area contributed by atoms with Crippen molar-refractivity contribution in [3.05, 3.63) is 69.7 Å². The van der Waals surface area contributed by atoms with Crippen LogP contribution in [0.15, 0.2) is 42.5 Å². The molecule has 2 rings (SSSR count). The second-order valence-electron chi connectivity index (χ2n) is 5.54. The number of carbonyl (C=O) groups is 2. The molecule has 2 aromatic carbocycles. The number of carboxylic acid groups (broad SMARTS) is 1. The first-order chi connectivity index (χ1) is 10.9. The highest BCUT2D eigenvalue weighted by atomic mass is 35.5. The van der Waals surface area contributed by atoms with Crippen molar-refractivity contribution in [1.82, 2.24) is 5.32 Å². The SMILES string of the molecule is Cc1cc(C)cc(C(=O)N[C@@H](Cc2ccccc2Cl)C(=O)O)c1. The van der Waals surface area contributed by atoms with Crippen molar-refractivity contribution in [2.24, 2.45) is 0 Å². The van der Waals surface area contributed by atoms with E-state index in [1.807, 2.05) is 19.9 Å². The summed E-state index contributed by atoms with van der Waals surface area (Å²) in [6.45, 7) is 3.78. The van der Waals surface area contributed by atoms with Gasteiger partial charge in [0.1, 0.15) is 6.04 Å². The molecule has 0 saturated heterocycles. The fraction of sp³-hybridized carbons (Fsp3) is 0.222. The molecule has 2 aromatic rings. The number of nitrogens with one attached hydrogen (secondary N) is 1. The molecule has 0 aliphatic heterocycles. The van der Waals surface area contributed by atoms with Gasteiger partial charge in [-0.1, -0.05) is 47.0 Å². The van der Waals surface area contributed by atoms with E-state index in [-0.39, 0.29) is 6.42 Å². The first-order valence-corrected chi connectivity index (χ1v) is 7.60. The second-order valence-corrected chi connectivity index (χ2v) is 5.94. The topological polar surface area (TPSA) is 66.4 Å². The van der Waals surface area contributed by atoms with Crippen molar-refractivity contribution in [1.29, 1.82) is 0 Å². The van der Waals surface area contributed by atoms with Gasteiger partial charge in [0, 0.05) is 17.0 Å². The summed E-state index contributed by atoms with van der Waals surface area (Å²) in [4.78, 5) is 23.8. The standard InChI is InChI=1S/C18H18ClNO3/c1-11-7-12(2)9-14(8-11)17(21)20-16(18(22)23)10-13-5-3-4-6-15(13)19/h3-9,16H,10H2,1-2H3,(H,20,21)(H,22,23)/t16-/m0/s1. The summed E-state index contributed by atoms with van der Waals surface area (Å²) >= 11 is 6.06. The van der Waals surface area contributed by atoms with Crippen LogP contribution >= 0.6 is 11.6 Å². The Morgan fingerprint density at radius 2 is 1.74 bits per heavy atom. The molecule has 0 radical (unpaired) electrons. The van der Waals surface area contributed by atoms with Gasteiger partial charge in [-0.25, -0.2) is 4.79 Å². The summed E-state index contributed by atoms with van der Waals surface area (Å²) < 4.78 is 0. The van der Waals surface area contributed by atoms with E-state index in [0.717, 1.165) is 11.1 Å². The summed E-state index contributed by atoms with van der Waals surface area (Å²) in [6, 6.07) is 11.4. The predicted molar refractivity (Wildman–Crippen MR) is 90.0 cm³/mol. The highest BCUT2D eigenvalue weighted by Gasteiger charge is 2.22. The Kier molecular flexibility index (Phi) is 5.40. The van der Waals surface area contributed by atoms with E-state index in [2.05, 4.69) is 5.32 Å². The lowest BCUT2D eigenvalue weighted by Gasteiger charge is -2.16. The van der Waals surface area contributed by atoms with Gasteiger partial charge in [0.2, 0.25) is 0 Å². The number of hydrogen-bond acceptors (Lipinski definition) is 2. The van der Waals surface area contributed by atoms with Crippen LogP contribution in [0.3, 0.4) is 0 Å². The third-order valence-corrected chi connectivity index (χ3v) is 3.84. The van der Waals surface area contributed by atoms with E-state index >= 15 is 0 Å². The molecule has 23 heavy (non-hydrogen) atoms. The van der Waals surface area contributed by atoms with Gasteiger partial charge in [0.15, 0.2) is 0 Å². The van der Waals surface area contributed by atoms with Crippen molar-refractivity contribution in [3.8, 4) is 0 Å². The third kappa shape index (κ3) is 4.57. The Morgan fingerprint density at radius 1 is 1.13 bits per heavy atom. The number of halogens is 1. The summed E-state index contributed by atoms with van der Waals surface area (Å²) in [7, 11) is 0. The van der Waals surface area contributed by atoms with E-state index in [4.69, 9.17) is 11.6 Å². The van der Waals surface area contributed by atoms with Crippen LogP contribution in [0.5, 0.6) is 0 Å². The zero-order chi connectivity index (χ0) is 17.0. The van der Waals surface area contributed by atoms with E-state index in [9.17, 15) is 14.7 Å². The number of aryl methyl sites for hydroxylation is 2. The number of carboxylic acids is 1. The molecular weight excluding hydrogens is 314 g/mol. The zero-order valence-electron chi connectivity index (χ0n) is 13.0. The smallest absolute Gasteiger partial charge is 0.326 e. The van der Waals surface area contributed by atoms with Crippen LogP contribution in [0.4, 0.5) is 0 Å². The zero-order valence-corrected chi connectivity index (χ0v) is 13.7. The van der Waals surface area contributed by atoms with Crippen molar-refractivity contribution < 1.29 is 14.7 Å². The number of aliphatic carboxylic acids is 1. The molecule has 0 spiro atoms. The first-order valence-electron chi connectivity index (χ1n) is 7.22. The first kappa shape index (κ1) is 17.0. The lowest BCUT2D eigenvalue weighted by Crippen LogP contribution is -2.42. The number of benzene rings is 2. The maximum Gasteiger partial charge on any atom is 0.326 e. The molecule has 0 heterocycles. The maximum atomic E-state index is 12.3. The molecule has 0 bridgehead atoms. The van der Waals surface area contributed by atoms with Gasteiger partial charge in [-0.15, -0.1) is 0 Å². The molecule has 0 fully saturated rings. The van der Waals surface area contributed by atoms with E-state index in [1.165, 1.54) is 0 Å². The average molecular weight is 332 g/mol. The Labute approximate surface area is 140 Å². The largest absolute Gasteiger partial charge is 0.480 e. The highest BCUT2D eigenvalue weighted by molar-refractivity contribution is 6.31. The summed E-state index contributed by atoms with van der Waals surface area (Å²) in [6.07, 6.45) is 0.131. The Balaban J connectivity index is 2.18. The van der Waals surface area contributed by atoms with Crippen LogP contribution in [0, 0.1) is 13.8 Å². The summed E-state index contributed by atoms with van der Waals surface area (Å²) in [5.74, 6) is -1.50. The van der Waals surface area contributed by atoms with E-state index in [0.29, 0.717) is 16.1 Å². The molecule has 0 aliphatic rings. The van der Waals surface area contributed by atoms with Gasteiger partial charge >= 0.3 is 5.97 Å². The minimum absolute atomic E-state index is 0.131. The molecule has 0 saturated carbocycles. The number of amides is 1. The summed E-state index contributed by atoms with van der Waals surface area (Å²) in [5, 5.41) is 12.4. The molecular formula is C18H18ClNO3. The Hall–Kier alpha value is -2.33. The van der Waals surface area contributed by atoms with Gasteiger partial charge in [0.25, 0.3) is 5.91 Å². The minimum Gasteiger partial charge on any atom is -0.480 e. The van der Waals surface area contributed by atoms with Gasteiger partial charge in [0.05, 0.1) is 0 Å². The molecule has 1 amide bonds. The van der Waals surface area contributed by atoms with Gasteiger partial charge in [-0.3, -0.25) is 4.79 Å². The predicted octanol–water partition coefficient (Wildman–Crippen LogP) is 3.38. The van der Waals surface area contributed by atoms with Gasteiger partial charge in [-0.05, 0) is 37.6 Å². The van der Waals surface area contributed by atoms with Crippen LogP contribution < -0.4 is 5.32 Å². The highest BCUT2D eigenvalue weighted by Crippen LogP contribution is 2.17. The van der Waals surface area contributed by atoms with E-state index < -0.39 is 17.9 Å². The molecule has 0 aliphatic carbocycles. The molecule has 5 heteroatoms. The number of carbonyl (C=O) groups excluding carboxylic acids is 1. The Morgan fingerprint density at radius 3 is 2.30 bits per heavy atom. The average Bonchev–Trinajstić information content (AvgIpc) is 2.47. The third-order valence-electron chi connectivity index (χ3n) is 3.47. The normalized spacial score (nSPS) is 11.8. The van der Waals surface area contributed by atoms with Crippen LogP contribution in [-0.4, -0.2) is 23.0 Å². The van der Waals surface area contributed by atoms with Gasteiger partial charge < -0.3 is 10.4 Å². The van der Waals surface area contributed by atoms with E-state index in [1.54, 1.807) is 36.4 Å². The molecule has 2 N–H and O–H groups in total. The van der Waals surface area contributed by atoms with Crippen LogP contribution in [0.25, 0.3) is 0 Å². The lowest BCUT2D eigenvalue weighted by atomic mass is 10.0. The number of hydrogen-bond donors (Lipinski definition) is 2. The molecule has 0 unspecified atom stereocenters. The quantitative estimate of drug-likeness (QED) is 0.882. The molecule has 4 nitrogen and oxygen atoms in total. The summed E-state index contributed by atoms with van der Waals surface area (Å²) in [5.41, 5.74) is 3.04. The second kappa shape index (κ2) is 7.29. The number of rotatable bonds is 5. The van der Waals surface area contributed by atoms with Gasteiger partial charge in [-0.2, -0.15) is 0 Å². The molecule has 0 aromatic heterocycles. The van der Waals surface area contributed by atoms with Crippen molar-refractivity contribution in [3.63, 3.8) is 0 Å². The van der Waals surface area contributed by atoms with Crippen molar-refractivity contribution >= 4 is 23.5 Å². The molecule has 1 atom stereocenters. The maximum absolute atomic E-state index is 12.3. The van der Waals surface area contributed by atoms with Crippen LogP contribution in [0.2, 0.25) is 5.02 Å². The lowest BCUT2D eigenvalue weighted by molar-refractivity contribution is -0.139. The molecule has 120 valence electrons. The van der Waals surface area contributed by atoms with Crippen LogP contribution in [0.1, 0.15) is 27.0 Å². The fourth-order valence-electron chi connectivity index (χ4n) is 2.43. The fourth-order valence-corrected chi connectivity index (χ4v) is 2.64. The van der Waals surface area contributed by atoms with Crippen molar-refractivity contribution in [2.45, 2.75) is 26.3 Å². The monoisotopic (exact) mass is 331 g/mol.